The first-order chi connectivity index (χ1) is 6.88. The van der Waals surface area contributed by atoms with Crippen LogP contribution in [0.15, 0.2) is 10.1 Å². The minimum atomic E-state index is 0.340. The topological polar surface area (TPSA) is 64.9 Å². The maximum absolute atomic E-state index is 5.39. The smallest absolute Gasteiger partial charge is 0.250 e. The van der Waals surface area contributed by atoms with Crippen molar-refractivity contribution in [1.29, 1.82) is 0 Å². The van der Waals surface area contributed by atoms with E-state index in [-0.39, 0.29) is 0 Å². The van der Waals surface area contributed by atoms with E-state index in [1.54, 1.807) is 0 Å². The first-order valence-electron chi connectivity index (χ1n) is 5.10. The zero-order valence-corrected chi connectivity index (χ0v) is 8.20. The number of rotatable bonds is 2. The van der Waals surface area contributed by atoms with Crippen LogP contribution in [0.2, 0.25) is 0 Å². The maximum atomic E-state index is 5.39. The Morgan fingerprint density at radius 2 is 2.07 bits per heavy atom. The van der Waals surface area contributed by atoms with Crippen LogP contribution in [0, 0.1) is 0 Å². The molecule has 2 rings (SSSR count). The second kappa shape index (κ2) is 4.37. The molecule has 0 spiro atoms. The Morgan fingerprint density at radius 1 is 1.29 bits per heavy atom. The summed E-state index contributed by atoms with van der Waals surface area (Å²) in [5.41, 5.74) is 6.81. The van der Waals surface area contributed by atoms with Gasteiger partial charge in [-0.1, -0.05) is 17.2 Å². The fourth-order valence-corrected chi connectivity index (χ4v) is 1.73. The van der Waals surface area contributed by atoms with Gasteiger partial charge in [-0.2, -0.15) is 4.98 Å². The zero-order chi connectivity index (χ0) is 9.80. The SMILES string of the molecule is NCc1noc(C=C2CCCCC2)n1. The monoisotopic (exact) mass is 193 g/mol. The Hall–Kier alpha value is -1.16. The van der Waals surface area contributed by atoms with Crippen molar-refractivity contribution in [2.24, 2.45) is 5.73 Å². The van der Waals surface area contributed by atoms with E-state index in [2.05, 4.69) is 10.1 Å². The second-order valence-corrected chi connectivity index (χ2v) is 3.62. The molecule has 2 N–H and O–H groups in total. The number of hydrogen-bond acceptors (Lipinski definition) is 4. The van der Waals surface area contributed by atoms with E-state index in [0.29, 0.717) is 18.3 Å². The fraction of sp³-hybridized carbons (Fsp3) is 0.600. The van der Waals surface area contributed by atoms with Crippen molar-refractivity contribution >= 4 is 6.08 Å². The predicted octanol–water partition coefficient (Wildman–Crippen LogP) is 1.88. The van der Waals surface area contributed by atoms with Gasteiger partial charge in [0.1, 0.15) is 0 Å². The van der Waals surface area contributed by atoms with Crippen molar-refractivity contribution in [3.8, 4) is 0 Å². The van der Waals surface area contributed by atoms with Gasteiger partial charge in [-0.3, -0.25) is 0 Å². The van der Waals surface area contributed by atoms with Crippen LogP contribution < -0.4 is 5.73 Å². The molecule has 0 unspecified atom stereocenters. The molecule has 0 amide bonds. The Bertz CT molecular complexity index is 322. The molecule has 1 aliphatic carbocycles. The molecule has 1 saturated carbocycles. The summed E-state index contributed by atoms with van der Waals surface area (Å²) in [4.78, 5) is 4.14. The Balaban J connectivity index is 2.07. The van der Waals surface area contributed by atoms with Gasteiger partial charge in [0.05, 0.1) is 6.54 Å². The maximum Gasteiger partial charge on any atom is 0.250 e. The molecular weight excluding hydrogens is 178 g/mol. The summed E-state index contributed by atoms with van der Waals surface area (Å²) < 4.78 is 5.04. The fourth-order valence-electron chi connectivity index (χ4n) is 1.73. The Labute approximate surface area is 83.2 Å². The lowest BCUT2D eigenvalue weighted by molar-refractivity contribution is 0.402. The minimum Gasteiger partial charge on any atom is -0.335 e. The van der Waals surface area contributed by atoms with Crippen LogP contribution in [0.1, 0.15) is 43.8 Å². The first kappa shape index (κ1) is 9.40. The van der Waals surface area contributed by atoms with Crippen LogP contribution in [-0.2, 0) is 6.54 Å². The van der Waals surface area contributed by atoms with Gasteiger partial charge < -0.3 is 10.3 Å². The lowest BCUT2D eigenvalue weighted by atomic mass is 9.95. The second-order valence-electron chi connectivity index (χ2n) is 3.62. The molecule has 4 heteroatoms. The minimum absolute atomic E-state index is 0.340. The highest BCUT2D eigenvalue weighted by Gasteiger charge is 2.07. The van der Waals surface area contributed by atoms with Gasteiger partial charge in [0.15, 0.2) is 5.82 Å². The van der Waals surface area contributed by atoms with Crippen molar-refractivity contribution in [3.63, 3.8) is 0 Å². The third-order valence-electron chi connectivity index (χ3n) is 2.49. The molecule has 76 valence electrons. The van der Waals surface area contributed by atoms with E-state index < -0.39 is 0 Å². The van der Waals surface area contributed by atoms with Crippen LogP contribution in [0.5, 0.6) is 0 Å². The zero-order valence-electron chi connectivity index (χ0n) is 8.20. The average Bonchev–Trinajstić information content (AvgIpc) is 2.67. The number of allylic oxidation sites excluding steroid dienone is 1. The molecule has 1 aliphatic rings. The van der Waals surface area contributed by atoms with E-state index in [4.69, 9.17) is 10.3 Å². The quantitative estimate of drug-likeness (QED) is 0.778. The highest BCUT2D eigenvalue weighted by molar-refractivity contribution is 5.43. The summed E-state index contributed by atoms with van der Waals surface area (Å²) in [7, 11) is 0. The lowest BCUT2D eigenvalue weighted by Gasteiger charge is -2.11. The number of hydrogen-bond donors (Lipinski definition) is 1. The van der Waals surface area contributed by atoms with Gasteiger partial charge in [0.25, 0.3) is 5.89 Å². The van der Waals surface area contributed by atoms with Crippen molar-refractivity contribution in [1.82, 2.24) is 10.1 Å². The molecule has 1 aromatic heterocycles. The van der Waals surface area contributed by atoms with Gasteiger partial charge in [-0.25, -0.2) is 0 Å². The van der Waals surface area contributed by atoms with E-state index in [1.807, 2.05) is 6.08 Å². The summed E-state index contributed by atoms with van der Waals surface area (Å²) in [5.74, 6) is 1.18. The molecule has 4 nitrogen and oxygen atoms in total. The molecule has 1 aromatic rings. The molecule has 1 fully saturated rings. The molecule has 0 saturated heterocycles. The summed E-state index contributed by atoms with van der Waals surface area (Å²) in [6.07, 6.45) is 8.24. The standard InChI is InChI=1S/C10H15N3O/c11-7-9-12-10(14-13-9)6-8-4-2-1-3-5-8/h6H,1-5,7,11H2. The van der Waals surface area contributed by atoms with Crippen molar-refractivity contribution in [3.05, 3.63) is 17.3 Å². The van der Waals surface area contributed by atoms with Crippen molar-refractivity contribution in [2.45, 2.75) is 38.6 Å². The summed E-state index contributed by atoms with van der Waals surface area (Å²) in [6.45, 7) is 0.340. The van der Waals surface area contributed by atoms with Crippen LogP contribution in [0.25, 0.3) is 6.08 Å². The molecule has 0 aliphatic heterocycles. The summed E-state index contributed by atoms with van der Waals surface area (Å²) in [6, 6.07) is 0. The normalized spacial score (nSPS) is 17.1. The van der Waals surface area contributed by atoms with E-state index >= 15 is 0 Å². The molecule has 0 aromatic carbocycles. The average molecular weight is 193 g/mol. The Kier molecular flexibility index (Phi) is 2.93. The van der Waals surface area contributed by atoms with E-state index in [0.717, 1.165) is 0 Å². The van der Waals surface area contributed by atoms with Gasteiger partial charge in [-0.05, 0) is 25.7 Å². The van der Waals surface area contributed by atoms with Crippen LogP contribution in [-0.4, -0.2) is 10.1 Å². The predicted molar refractivity (Wildman–Crippen MR) is 53.3 cm³/mol. The Morgan fingerprint density at radius 3 is 2.71 bits per heavy atom. The largest absolute Gasteiger partial charge is 0.335 e. The van der Waals surface area contributed by atoms with Crippen LogP contribution in [0.4, 0.5) is 0 Å². The number of aromatic nitrogens is 2. The summed E-state index contributed by atoms with van der Waals surface area (Å²) in [5, 5.41) is 3.74. The molecule has 0 atom stereocenters. The van der Waals surface area contributed by atoms with E-state index in [1.165, 1.54) is 37.7 Å². The van der Waals surface area contributed by atoms with Crippen LogP contribution in [0.3, 0.4) is 0 Å². The number of nitrogens with two attached hydrogens (primary N) is 1. The highest BCUT2D eigenvalue weighted by Crippen LogP contribution is 2.24. The third-order valence-corrected chi connectivity index (χ3v) is 2.49. The van der Waals surface area contributed by atoms with Gasteiger partial charge in [0, 0.05) is 6.08 Å². The molecule has 0 radical (unpaired) electrons. The first-order valence-corrected chi connectivity index (χ1v) is 5.10. The molecule has 14 heavy (non-hydrogen) atoms. The third kappa shape index (κ3) is 2.20. The van der Waals surface area contributed by atoms with E-state index in [9.17, 15) is 0 Å². The molecule has 1 heterocycles. The molecule has 0 bridgehead atoms. The van der Waals surface area contributed by atoms with Crippen molar-refractivity contribution in [2.75, 3.05) is 0 Å². The van der Waals surface area contributed by atoms with Gasteiger partial charge >= 0.3 is 0 Å². The summed E-state index contributed by atoms with van der Waals surface area (Å²) >= 11 is 0. The highest BCUT2D eigenvalue weighted by atomic mass is 16.5. The van der Waals surface area contributed by atoms with Gasteiger partial charge in [-0.15, -0.1) is 0 Å². The molecular formula is C10H15N3O. The van der Waals surface area contributed by atoms with Crippen LogP contribution >= 0.6 is 0 Å². The lowest BCUT2D eigenvalue weighted by Crippen LogP contribution is -1.98. The van der Waals surface area contributed by atoms with Crippen molar-refractivity contribution < 1.29 is 4.52 Å². The van der Waals surface area contributed by atoms with Gasteiger partial charge in [0.2, 0.25) is 0 Å². The number of nitrogens with zero attached hydrogens (tertiary/aromatic N) is 2.